The molecule has 0 amide bonds. The van der Waals surface area contributed by atoms with E-state index < -0.39 is 10.6 Å². The highest BCUT2D eigenvalue weighted by Gasteiger charge is 2.47. The van der Waals surface area contributed by atoms with E-state index in [1.807, 2.05) is 6.07 Å². The Bertz CT molecular complexity index is 727. The van der Waals surface area contributed by atoms with Crippen molar-refractivity contribution < 1.29 is 14.5 Å². The van der Waals surface area contributed by atoms with Gasteiger partial charge in [-0.15, -0.1) is 0 Å². The van der Waals surface area contributed by atoms with Gasteiger partial charge >= 0.3 is 0 Å². The van der Waals surface area contributed by atoms with Crippen LogP contribution in [0.5, 0.6) is 0 Å². The molecule has 2 aromatic carbocycles. The second kappa shape index (κ2) is 4.68. The van der Waals surface area contributed by atoms with E-state index in [0.717, 1.165) is 0 Å². The molecule has 0 aromatic heterocycles. The molecule has 0 fully saturated rings. The van der Waals surface area contributed by atoms with Crippen LogP contribution in [0.3, 0.4) is 0 Å². The Morgan fingerprint density at radius 3 is 2.38 bits per heavy atom. The zero-order chi connectivity index (χ0) is 15.0. The SMILES string of the molecule is COC1(c2ccc([N+](=O)[O-])cc2)Nc2ccccc2C1=O. The molecule has 1 N–H and O–H groups in total. The number of fused-ring (bicyclic) bond motifs is 1. The van der Waals surface area contributed by atoms with Crippen LogP contribution in [-0.2, 0) is 10.5 Å². The van der Waals surface area contributed by atoms with Gasteiger partial charge in [0.15, 0.2) is 0 Å². The number of para-hydroxylation sites is 1. The summed E-state index contributed by atoms with van der Waals surface area (Å²) in [6, 6.07) is 12.9. The number of nitro groups is 1. The maximum atomic E-state index is 12.6. The van der Waals surface area contributed by atoms with Gasteiger partial charge in [-0.3, -0.25) is 14.9 Å². The number of carbonyl (C=O) groups excluding carboxylic acids is 1. The summed E-state index contributed by atoms with van der Waals surface area (Å²) in [7, 11) is 1.43. The van der Waals surface area contributed by atoms with Crippen LogP contribution in [0.2, 0.25) is 0 Å². The van der Waals surface area contributed by atoms with Gasteiger partial charge in [0.05, 0.1) is 4.92 Å². The van der Waals surface area contributed by atoms with Crippen molar-refractivity contribution in [1.82, 2.24) is 0 Å². The average Bonchev–Trinajstić information content (AvgIpc) is 2.81. The summed E-state index contributed by atoms with van der Waals surface area (Å²) >= 11 is 0. The van der Waals surface area contributed by atoms with Crippen LogP contribution in [0.1, 0.15) is 15.9 Å². The number of hydrogen-bond acceptors (Lipinski definition) is 5. The van der Waals surface area contributed by atoms with Crippen molar-refractivity contribution in [3.05, 3.63) is 69.8 Å². The predicted molar refractivity (Wildman–Crippen MR) is 76.2 cm³/mol. The van der Waals surface area contributed by atoms with Crippen molar-refractivity contribution >= 4 is 17.2 Å². The number of carbonyl (C=O) groups is 1. The van der Waals surface area contributed by atoms with E-state index in [1.54, 1.807) is 18.2 Å². The number of benzene rings is 2. The van der Waals surface area contributed by atoms with Crippen LogP contribution in [0, 0.1) is 10.1 Å². The van der Waals surface area contributed by atoms with E-state index >= 15 is 0 Å². The molecule has 1 heterocycles. The van der Waals surface area contributed by atoms with Gasteiger partial charge in [-0.05, 0) is 24.3 Å². The number of nitrogens with one attached hydrogen (secondary N) is 1. The Morgan fingerprint density at radius 1 is 1.14 bits per heavy atom. The third-order valence-electron chi connectivity index (χ3n) is 3.59. The summed E-state index contributed by atoms with van der Waals surface area (Å²) in [4.78, 5) is 22.9. The standard InChI is InChI=1S/C15H12N2O4/c1-21-15(10-6-8-11(9-7-10)17(19)20)14(18)12-4-2-3-5-13(12)16-15/h2-9,16H,1H3. The molecular formula is C15H12N2O4. The Balaban J connectivity index is 2.07. The second-order valence-electron chi connectivity index (χ2n) is 4.69. The number of anilines is 1. The molecule has 6 nitrogen and oxygen atoms in total. The van der Waals surface area contributed by atoms with E-state index in [-0.39, 0.29) is 11.5 Å². The minimum absolute atomic E-state index is 0.0343. The van der Waals surface area contributed by atoms with E-state index in [4.69, 9.17) is 4.74 Å². The van der Waals surface area contributed by atoms with Gasteiger partial charge in [0.25, 0.3) is 5.69 Å². The van der Waals surface area contributed by atoms with E-state index in [9.17, 15) is 14.9 Å². The van der Waals surface area contributed by atoms with Crippen LogP contribution in [0.25, 0.3) is 0 Å². The second-order valence-corrected chi connectivity index (χ2v) is 4.69. The first-order chi connectivity index (χ1) is 10.1. The van der Waals surface area contributed by atoms with Crippen molar-refractivity contribution in [3.8, 4) is 0 Å². The first-order valence-electron chi connectivity index (χ1n) is 6.30. The van der Waals surface area contributed by atoms with Crippen LogP contribution in [-0.4, -0.2) is 17.8 Å². The summed E-state index contributed by atoms with van der Waals surface area (Å²) < 4.78 is 5.45. The number of methoxy groups -OCH3 is 1. The predicted octanol–water partition coefficient (Wildman–Crippen LogP) is 2.70. The van der Waals surface area contributed by atoms with Crippen LogP contribution in [0.15, 0.2) is 48.5 Å². The van der Waals surface area contributed by atoms with Gasteiger partial charge in [-0.2, -0.15) is 0 Å². The molecule has 1 aliphatic rings. The Labute approximate surface area is 120 Å². The highest BCUT2D eigenvalue weighted by atomic mass is 16.6. The molecule has 0 saturated heterocycles. The lowest BCUT2D eigenvalue weighted by atomic mass is 9.97. The topological polar surface area (TPSA) is 81.5 Å². The smallest absolute Gasteiger partial charge is 0.269 e. The van der Waals surface area contributed by atoms with E-state index in [0.29, 0.717) is 16.8 Å². The lowest BCUT2D eigenvalue weighted by Crippen LogP contribution is -2.40. The average molecular weight is 284 g/mol. The lowest BCUT2D eigenvalue weighted by Gasteiger charge is -2.27. The van der Waals surface area contributed by atoms with Crippen LogP contribution < -0.4 is 5.32 Å². The first-order valence-corrected chi connectivity index (χ1v) is 6.30. The summed E-state index contributed by atoms with van der Waals surface area (Å²) in [5.41, 5.74) is 0.379. The largest absolute Gasteiger partial charge is 0.348 e. The molecule has 0 radical (unpaired) electrons. The zero-order valence-electron chi connectivity index (χ0n) is 11.2. The maximum Gasteiger partial charge on any atom is 0.269 e. The lowest BCUT2D eigenvalue weighted by molar-refractivity contribution is -0.384. The number of ether oxygens (including phenoxy) is 1. The number of hydrogen-bond donors (Lipinski definition) is 1. The molecule has 1 unspecified atom stereocenters. The number of ketones is 1. The summed E-state index contributed by atoms with van der Waals surface area (Å²) in [5.74, 6) is -0.213. The summed E-state index contributed by atoms with van der Waals surface area (Å²) in [6.07, 6.45) is 0. The summed E-state index contributed by atoms with van der Waals surface area (Å²) in [5, 5.41) is 13.8. The van der Waals surface area contributed by atoms with Gasteiger partial charge in [0.2, 0.25) is 11.5 Å². The van der Waals surface area contributed by atoms with Gasteiger partial charge in [-0.25, -0.2) is 0 Å². The minimum Gasteiger partial charge on any atom is -0.348 e. The van der Waals surface area contributed by atoms with Crippen molar-refractivity contribution in [2.45, 2.75) is 5.72 Å². The fourth-order valence-electron chi connectivity index (χ4n) is 2.51. The van der Waals surface area contributed by atoms with Gasteiger partial charge in [0, 0.05) is 36.1 Å². The fraction of sp³-hybridized carbons (Fsp3) is 0.133. The Hall–Kier alpha value is -2.73. The molecule has 0 bridgehead atoms. The maximum absolute atomic E-state index is 12.6. The zero-order valence-corrected chi connectivity index (χ0v) is 11.2. The third-order valence-corrected chi connectivity index (χ3v) is 3.59. The van der Waals surface area contributed by atoms with Gasteiger partial charge < -0.3 is 10.1 Å². The molecule has 21 heavy (non-hydrogen) atoms. The number of Topliss-reactive ketones (excluding diaryl/α,β-unsaturated/α-hetero) is 1. The number of nitrogens with zero attached hydrogens (tertiary/aromatic N) is 1. The van der Waals surface area contributed by atoms with Crippen molar-refractivity contribution in [2.24, 2.45) is 0 Å². The highest BCUT2D eigenvalue weighted by molar-refractivity contribution is 6.12. The number of rotatable bonds is 3. The van der Waals surface area contributed by atoms with Crippen molar-refractivity contribution in [1.29, 1.82) is 0 Å². The fourth-order valence-corrected chi connectivity index (χ4v) is 2.51. The van der Waals surface area contributed by atoms with E-state index in [1.165, 1.54) is 31.4 Å². The molecule has 0 saturated carbocycles. The molecule has 0 aliphatic carbocycles. The summed E-state index contributed by atoms with van der Waals surface area (Å²) in [6.45, 7) is 0. The van der Waals surface area contributed by atoms with Crippen molar-refractivity contribution in [2.75, 3.05) is 12.4 Å². The molecule has 1 aliphatic heterocycles. The normalized spacial score (nSPS) is 20.0. The van der Waals surface area contributed by atoms with Gasteiger partial charge in [0.1, 0.15) is 0 Å². The number of non-ortho nitro benzene ring substituents is 1. The molecule has 0 spiro atoms. The van der Waals surface area contributed by atoms with Crippen LogP contribution in [0.4, 0.5) is 11.4 Å². The number of nitro benzene ring substituents is 1. The Morgan fingerprint density at radius 2 is 1.81 bits per heavy atom. The Kier molecular flexibility index (Phi) is 2.95. The molecule has 106 valence electrons. The van der Waals surface area contributed by atoms with Gasteiger partial charge in [-0.1, -0.05) is 12.1 Å². The van der Waals surface area contributed by atoms with Crippen molar-refractivity contribution in [3.63, 3.8) is 0 Å². The van der Waals surface area contributed by atoms with Crippen LogP contribution >= 0.6 is 0 Å². The molecule has 6 heteroatoms. The molecule has 3 rings (SSSR count). The molecule has 1 atom stereocenters. The van der Waals surface area contributed by atoms with E-state index in [2.05, 4.69) is 5.32 Å². The quantitative estimate of drug-likeness (QED) is 0.692. The molecule has 2 aromatic rings. The minimum atomic E-state index is -1.33. The first kappa shape index (κ1) is 13.3. The third kappa shape index (κ3) is 1.88. The molecular weight excluding hydrogens is 272 g/mol. The monoisotopic (exact) mass is 284 g/mol. The highest BCUT2D eigenvalue weighted by Crippen LogP contribution is 2.39.